The van der Waals surface area contributed by atoms with Gasteiger partial charge >= 0.3 is 0 Å². The molecule has 1 unspecified atom stereocenters. The highest BCUT2D eigenvalue weighted by molar-refractivity contribution is 5.94. The number of anilines is 2. The summed E-state index contributed by atoms with van der Waals surface area (Å²) in [5, 5.41) is 3.08. The minimum atomic E-state index is -0.156. The molecule has 7 nitrogen and oxygen atoms in total. The monoisotopic (exact) mass is 438 g/mol. The molecule has 0 radical (unpaired) electrons. The summed E-state index contributed by atoms with van der Waals surface area (Å²) in [5.74, 6) is 0.958. The minimum absolute atomic E-state index is 0.0463. The third kappa shape index (κ3) is 6.22. The molecule has 172 valence electrons. The largest absolute Gasteiger partial charge is 0.492 e. The average molecular weight is 439 g/mol. The van der Waals surface area contributed by atoms with Crippen LogP contribution in [0.2, 0.25) is 0 Å². The van der Waals surface area contributed by atoms with Crippen molar-refractivity contribution in [2.45, 2.75) is 13.0 Å². The number of carbonyl (C=O) groups is 1. The van der Waals surface area contributed by atoms with Gasteiger partial charge in [-0.2, -0.15) is 0 Å². The Morgan fingerprint density at radius 1 is 0.969 bits per heavy atom. The maximum atomic E-state index is 12.8. The second-order valence-corrected chi connectivity index (χ2v) is 8.35. The molecule has 7 heteroatoms. The van der Waals surface area contributed by atoms with Crippen LogP contribution in [-0.2, 0) is 9.53 Å². The van der Waals surface area contributed by atoms with Crippen LogP contribution in [0.3, 0.4) is 0 Å². The van der Waals surface area contributed by atoms with Crippen molar-refractivity contribution in [3.63, 3.8) is 0 Å². The van der Waals surface area contributed by atoms with Gasteiger partial charge in [0, 0.05) is 57.2 Å². The fourth-order valence-electron chi connectivity index (χ4n) is 4.17. The molecule has 32 heavy (non-hydrogen) atoms. The predicted molar refractivity (Wildman–Crippen MR) is 128 cm³/mol. The molecule has 1 amide bonds. The molecule has 1 N–H and O–H groups in total. The SMILES string of the molecule is CC(C(=O)Nc1ccc(N2CCOCC2)cc1)N1CCN(CCOc2ccccc2)CC1. The zero-order valence-electron chi connectivity index (χ0n) is 18.9. The van der Waals surface area contributed by atoms with E-state index in [-0.39, 0.29) is 11.9 Å². The molecule has 2 aromatic carbocycles. The molecule has 0 saturated carbocycles. The predicted octanol–water partition coefficient (Wildman–Crippen LogP) is 2.55. The normalized spacial score (nSPS) is 18.8. The van der Waals surface area contributed by atoms with Gasteiger partial charge in [0.1, 0.15) is 12.4 Å². The van der Waals surface area contributed by atoms with Crippen LogP contribution in [0.1, 0.15) is 6.92 Å². The zero-order valence-corrected chi connectivity index (χ0v) is 18.9. The van der Waals surface area contributed by atoms with E-state index in [0.29, 0.717) is 6.61 Å². The second kappa shape index (κ2) is 11.3. The quantitative estimate of drug-likeness (QED) is 0.684. The number of morpholine rings is 1. The number of nitrogens with zero attached hydrogens (tertiary/aromatic N) is 3. The lowest BCUT2D eigenvalue weighted by Gasteiger charge is -2.37. The summed E-state index contributed by atoms with van der Waals surface area (Å²) in [6.45, 7) is 10.6. The summed E-state index contributed by atoms with van der Waals surface area (Å²) in [7, 11) is 0. The fourth-order valence-corrected chi connectivity index (χ4v) is 4.17. The Kier molecular flexibility index (Phi) is 7.98. The van der Waals surface area contributed by atoms with Gasteiger partial charge in [-0.25, -0.2) is 0 Å². The van der Waals surface area contributed by atoms with Crippen molar-refractivity contribution in [2.24, 2.45) is 0 Å². The summed E-state index contributed by atoms with van der Waals surface area (Å²) in [5.41, 5.74) is 2.02. The standard InChI is InChI=1S/C25H34N4O3/c1-21(25(30)26-22-7-9-23(10-8-22)29-16-18-31-19-17-29)28-13-11-27(12-14-28)15-20-32-24-5-3-2-4-6-24/h2-10,21H,11-20H2,1H3,(H,26,30). The Hall–Kier alpha value is -2.61. The Morgan fingerprint density at radius 2 is 1.66 bits per heavy atom. The maximum Gasteiger partial charge on any atom is 0.241 e. The van der Waals surface area contributed by atoms with Gasteiger partial charge in [0.2, 0.25) is 5.91 Å². The van der Waals surface area contributed by atoms with Crippen molar-refractivity contribution in [3.8, 4) is 5.75 Å². The van der Waals surface area contributed by atoms with Crippen LogP contribution in [0.4, 0.5) is 11.4 Å². The molecule has 0 bridgehead atoms. The van der Waals surface area contributed by atoms with Crippen molar-refractivity contribution >= 4 is 17.3 Å². The molecule has 2 heterocycles. The molecule has 4 rings (SSSR count). The number of rotatable bonds is 8. The lowest BCUT2D eigenvalue weighted by molar-refractivity contribution is -0.121. The van der Waals surface area contributed by atoms with Gasteiger partial charge in [-0.05, 0) is 43.3 Å². The van der Waals surface area contributed by atoms with E-state index in [1.165, 1.54) is 5.69 Å². The van der Waals surface area contributed by atoms with Crippen molar-refractivity contribution in [3.05, 3.63) is 54.6 Å². The Balaban J connectivity index is 1.18. The number of piperazine rings is 1. The van der Waals surface area contributed by atoms with Gasteiger partial charge in [0.25, 0.3) is 0 Å². The lowest BCUT2D eigenvalue weighted by Crippen LogP contribution is -2.53. The molecular formula is C25H34N4O3. The molecule has 2 aliphatic heterocycles. The van der Waals surface area contributed by atoms with E-state index >= 15 is 0 Å². The molecule has 0 spiro atoms. The van der Waals surface area contributed by atoms with E-state index in [1.807, 2.05) is 49.4 Å². The number of hydrogen-bond donors (Lipinski definition) is 1. The van der Waals surface area contributed by atoms with Crippen LogP contribution in [0.25, 0.3) is 0 Å². The Labute approximate surface area is 190 Å². The van der Waals surface area contributed by atoms with Gasteiger partial charge in [0.15, 0.2) is 0 Å². The Bertz CT molecular complexity index is 832. The number of carbonyl (C=O) groups excluding carboxylic acids is 1. The van der Waals surface area contributed by atoms with Crippen LogP contribution in [-0.4, -0.2) is 87.4 Å². The van der Waals surface area contributed by atoms with E-state index in [4.69, 9.17) is 9.47 Å². The van der Waals surface area contributed by atoms with Crippen LogP contribution >= 0.6 is 0 Å². The molecule has 2 fully saturated rings. The first-order valence-corrected chi connectivity index (χ1v) is 11.6. The molecular weight excluding hydrogens is 404 g/mol. The summed E-state index contributed by atoms with van der Waals surface area (Å²) >= 11 is 0. The van der Waals surface area contributed by atoms with Crippen molar-refractivity contribution in [2.75, 3.05) is 75.9 Å². The zero-order chi connectivity index (χ0) is 22.2. The highest BCUT2D eigenvalue weighted by Crippen LogP contribution is 2.19. The minimum Gasteiger partial charge on any atom is -0.492 e. The number of nitrogens with one attached hydrogen (secondary N) is 1. The number of amides is 1. The molecule has 2 aromatic rings. The third-order valence-electron chi connectivity index (χ3n) is 6.26. The summed E-state index contributed by atoms with van der Waals surface area (Å²) < 4.78 is 11.2. The van der Waals surface area contributed by atoms with Crippen LogP contribution in [0.15, 0.2) is 54.6 Å². The molecule has 0 aromatic heterocycles. The van der Waals surface area contributed by atoms with E-state index in [1.54, 1.807) is 0 Å². The number of benzene rings is 2. The summed E-state index contributed by atoms with van der Waals surface area (Å²) in [6.07, 6.45) is 0. The van der Waals surface area contributed by atoms with Crippen LogP contribution in [0, 0.1) is 0 Å². The van der Waals surface area contributed by atoms with E-state index in [9.17, 15) is 4.79 Å². The number of para-hydroxylation sites is 1. The molecule has 2 aliphatic rings. The highest BCUT2D eigenvalue weighted by atomic mass is 16.5. The van der Waals surface area contributed by atoms with Crippen LogP contribution < -0.4 is 15.0 Å². The lowest BCUT2D eigenvalue weighted by atomic mass is 10.2. The summed E-state index contributed by atoms with van der Waals surface area (Å²) in [4.78, 5) is 19.8. The van der Waals surface area contributed by atoms with Crippen molar-refractivity contribution < 1.29 is 14.3 Å². The van der Waals surface area contributed by atoms with Gasteiger partial charge < -0.3 is 19.7 Å². The van der Waals surface area contributed by atoms with Crippen LogP contribution in [0.5, 0.6) is 5.75 Å². The highest BCUT2D eigenvalue weighted by Gasteiger charge is 2.25. The van der Waals surface area contributed by atoms with Gasteiger partial charge in [0.05, 0.1) is 19.3 Å². The third-order valence-corrected chi connectivity index (χ3v) is 6.26. The average Bonchev–Trinajstić information content (AvgIpc) is 2.86. The molecule has 2 saturated heterocycles. The smallest absolute Gasteiger partial charge is 0.241 e. The van der Waals surface area contributed by atoms with Gasteiger partial charge in [-0.1, -0.05) is 18.2 Å². The van der Waals surface area contributed by atoms with Crippen molar-refractivity contribution in [1.29, 1.82) is 0 Å². The number of hydrogen-bond acceptors (Lipinski definition) is 6. The molecule has 1 atom stereocenters. The first kappa shape index (κ1) is 22.6. The van der Waals surface area contributed by atoms with E-state index in [0.717, 1.165) is 70.5 Å². The van der Waals surface area contributed by atoms with Gasteiger partial charge in [-0.15, -0.1) is 0 Å². The van der Waals surface area contributed by atoms with Crippen molar-refractivity contribution in [1.82, 2.24) is 9.80 Å². The maximum absolute atomic E-state index is 12.8. The first-order valence-electron chi connectivity index (χ1n) is 11.6. The Morgan fingerprint density at radius 3 is 2.34 bits per heavy atom. The topological polar surface area (TPSA) is 57.3 Å². The van der Waals surface area contributed by atoms with E-state index in [2.05, 4.69) is 32.1 Å². The second-order valence-electron chi connectivity index (χ2n) is 8.35. The van der Waals surface area contributed by atoms with Gasteiger partial charge in [-0.3, -0.25) is 14.6 Å². The van der Waals surface area contributed by atoms with E-state index < -0.39 is 0 Å². The fraction of sp³-hybridized carbons (Fsp3) is 0.480. The molecule has 0 aliphatic carbocycles. The first-order chi connectivity index (χ1) is 15.7. The number of ether oxygens (including phenoxy) is 2. The summed E-state index contributed by atoms with van der Waals surface area (Å²) in [6, 6.07) is 17.9.